The van der Waals surface area contributed by atoms with Crippen LogP contribution in [0.4, 0.5) is 17.1 Å². The number of aromatic hydroxyl groups is 1. The third-order valence-corrected chi connectivity index (χ3v) is 7.10. The van der Waals surface area contributed by atoms with Crippen molar-refractivity contribution in [1.82, 2.24) is 4.31 Å². The maximum atomic E-state index is 12.5. The normalized spacial score (nSPS) is 11.7. The predicted molar refractivity (Wildman–Crippen MR) is 122 cm³/mol. The Kier molecular flexibility index (Phi) is 6.68. The molecule has 8 nitrogen and oxygen atoms in total. The zero-order valence-corrected chi connectivity index (χ0v) is 18.5. The lowest BCUT2D eigenvalue weighted by atomic mass is 10.1. The van der Waals surface area contributed by atoms with E-state index in [1.807, 2.05) is 30.3 Å². The quantitative estimate of drug-likeness (QED) is 0.254. The van der Waals surface area contributed by atoms with Crippen LogP contribution in [-0.2, 0) is 16.4 Å². The molecule has 0 atom stereocenters. The Hall–Kier alpha value is -2.88. The molecule has 0 aliphatic carbocycles. The summed E-state index contributed by atoms with van der Waals surface area (Å²) >= 11 is 5.99. The van der Waals surface area contributed by atoms with E-state index >= 15 is 0 Å². The van der Waals surface area contributed by atoms with Crippen molar-refractivity contribution in [1.29, 1.82) is 0 Å². The monoisotopic (exact) mass is 463 g/mol. The molecule has 0 saturated carbocycles. The van der Waals surface area contributed by atoms with Crippen LogP contribution in [0.1, 0.15) is 12.0 Å². The van der Waals surface area contributed by atoms with Crippen molar-refractivity contribution in [2.45, 2.75) is 17.7 Å². The summed E-state index contributed by atoms with van der Waals surface area (Å²) in [5, 5.41) is 16.0. The van der Waals surface area contributed by atoms with Gasteiger partial charge in [0.1, 0.15) is 16.3 Å². The minimum atomic E-state index is -4.04. The molecule has 0 unspecified atom stereocenters. The summed E-state index contributed by atoms with van der Waals surface area (Å²) in [6.07, 6.45) is 1.54. The third kappa shape index (κ3) is 4.58. The van der Waals surface area contributed by atoms with E-state index in [0.717, 1.165) is 22.7 Å². The molecule has 0 aromatic heterocycles. The summed E-state index contributed by atoms with van der Waals surface area (Å²) in [5.41, 5.74) is -0.244. The molecule has 3 rings (SSSR count). The summed E-state index contributed by atoms with van der Waals surface area (Å²) < 4.78 is 25.9. The number of nitrogens with zero attached hydrogens (tertiary/aromatic N) is 1. The fraction of sp³-hybridized carbons (Fsp3) is 0.238. The van der Waals surface area contributed by atoms with Gasteiger partial charge in [-0.1, -0.05) is 41.9 Å². The van der Waals surface area contributed by atoms with Gasteiger partial charge in [-0.05, 0) is 30.5 Å². The minimum Gasteiger partial charge on any atom is -0.504 e. The maximum Gasteiger partial charge on any atom is 0.253 e. The Morgan fingerprint density at radius 1 is 1.00 bits per heavy atom. The number of aryl methyl sites for hydroxylation is 1. The number of phenols is 1. The summed E-state index contributed by atoms with van der Waals surface area (Å²) in [4.78, 5) is 23.6. The van der Waals surface area contributed by atoms with Crippen LogP contribution < -0.4 is 21.5 Å². The van der Waals surface area contributed by atoms with Crippen molar-refractivity contribution in [2.75, 3.05) is 31.3 Å². The predicted octanol–water partition coefficient (Wildman–Crippen LogP) is 2.68. The number of benzene rings is 2. The van der Waals surface area contributed by atoms with E-state index in [1.54, 1.807) is 0 Å². The smallest absolute Gasteiger partial charge is 0.253 e. The molecule has 10 heteroatoms. The number of rotatable bonds is 9. The molecule has 0 saturated heterocycles. The second-order valence-corrected chi connectivity index (χ2v) is 9.61. The highest BCUT2D eigenvalue weighted by atomic mass is 35.5. The Morgan fingerprint density at radius 2 is 1.65 bits per heavy atom. The summed E-state index contributed by atoms with van der Waals surface area (Å²) in [5.74, 6) is -0.635. The fourth-order valence-electron chi connectivity index (χ4n) is 3.04. The molecule has 0 fully saturated rings. The molecule has 0 amide bonds. The highest BCUT2D eigenvalue weighted by Gasteiger charge is 2.28. The number of anilines is 3. The molecule has 164 valence electrons. The molecule has 0 bridgehead atoms. The number of hydrogen-bond acceptors (Lipinski definition) is 7. The Bertz CT molecular complexity index is 1270. The van der Waals surface area contributed by atoms with Gasteiger partial charge in [-0.3, -0.25) is 9.59 Å². The molecule has 3 N–H and O–H groups in total. The molecule has 0 radical (unpaired) electrons. The van der Waals surface area contributed by atoms with Crippen LogP contribution >= 0.6 is 11.6 Å². The Labute approximate surface area is 184 Å². The molecule has 31 heavy (non-hydrogen) atoms. The van der Waals surface area contributed by atoms with Gasteiger partial charge in [0.15, 0.2) is 5.75 Å². The van der Waals surface area contributed by atoms with Gasteiger partial charge in [0.25, 0.3) is 10.9 Å². The molecular weight excluding hydrogens is 442 g/mol. The van der Waals surface area contributed by atoms with Crippen molar-refractivity contribution in [3.8, 4) is 5.75 Å². The Balaban J connectivity index is 1.78. The van der Waals surface area contributed by atoms with Crippen molar-refractivity contribution >= 4 is 38.7 Å². The first-order valence-corrected chi connectivity index (χ1v) is 11.3. The van der Waals surface area contributed by atoms with Crippen LogP contribution in [-0.4, -0.2) is 38.5 Å². The molecule has 0 aliphatic rings. The highest BCUT2D eigenvalue weighted by molar-refractivity contribution is 7.89. The first-order chi connectivity index (χ1) is 14.6. The number of hydrogen-bond donors (Lipinski definition) is 3. The van der Waals surface area contributed by atoms with Crippen molar-refractivity contribution in [2.24, 2.45) is 0 Å². The van der Waals surface area contributed by atoms with Gasteiger partial charge in [-0.15, -0.1) is 0 Å². The van der Waals surface area contributed by atoms with Crippen LogP contribution in [0, 0.1) is 0 Å². The number of nitrogens with one attached hydrogen (secondary N) is 2. The maximum absolute atomic E-state index is 12.5. The molecule has 0 spiro atoms. The number of phenolic OH excluding ortho intramolecular Hbond substituents is 1. The average molecular weight is 464 g/mol. The average Bonchev–Trinajstić information content (AvgIpc) is 2.74. The SMILES string of the molecule is CN(C)S(=O)(=O)c1c(Cl)ccc(Nc2c(NCCCc3ccccc3)c(=O)c2=O)c1O. The third-order valence-electron chi connectivity index (χ3n) is 4.78. The molecule has 0 heterocycles. The van der Waals surface area contributed by atoms with E-state index < -0.39 is 31.5 Å². The fourth-order valence-corrected chi connectivity index (χ4v) is 4.52. The number of halogens is 1. The lowest BCUT2D eigenvalue weighted by molar-refractivity contribution is 0.455. The lowest BCUT2D eigenvalue weighted by Gasteiger charge is -2.19. The van der Waals surface area contributed by atoms with Crippen LogP contribution in [0.2, 0.25) is 5.02 Å². The van der Waals surface area contributed by atoms with Crippen LogP contribution in [0.15, 0.2) is 56.9 Å². The first-order valence-electron chi connectivity index (χ1n) is 9.46. The minimum absolute atomic E-state index is 0.0319. The van der Waals surface area contributed by atoms with E-state index in [1.165, 1.54) is 26.2 Å². The van der Waals surface area contributed by atoms with E-state index in [4.69, 9.17) is 11.6 Å². The second kappa shape index (κ2) is 9.09. The van der Waals surface area contributed by atoms with Gasteiger partial charge in [-0.25, -0.2) is 12.7 Å². The van der Waals surface area contributed by atoms with Crippen molar-refractivity contribution < 1.29 is 13.5 Å². The van der Waals surface area contributed by atoms with Crippen molar-refractivity contribution in [3.63, 3.8) is 0 Å². The van der Waals surface area contributed by atoms with Gasteiger partial charge in [0.05, 0.1) is 10.7 Å². The van der Waals surface area contributed by atoms with Crippen LogP contribution in [0.3, 0.4) is 0 Å². The van der Waals surface area contributed by atoms with E-state index in [-0.39, 0.29) is 22.1 Å². The second-order valence-electron chi connectivity index (χ2n) is 7.11. The molecule has 3 aromatic rings. The van der Waals surface area contributed by atoms with Crippen molar-refractivity contribution in [3.05, 3.63) is 73.5 Å². The highest BCUT2D eigenvalue weighted by Crippen LogP contribution is 2.39. The lowest BCUT2D eigenvalue weighted by Crippen LogP contribution is -2.37. The first kappa shape index (κ1) is 22.8. The van der Waals surface area contributed by atoms with Crippen LogP contribution in [0.5, 0.6) is 5.75 Å². The van der Waals surface area contributed by atoms with Gasteiger partial charge in [-0.2, -0.15) is 0 Å². The Morgan fingerprint density at radius 3 is 2.29 bits per heavy atom. The van der Waals surface area contributed by atoms with E-state index in [9.17, 15) is 23.1 Å². The summed E-state index contributed by atoms with van der Waals surface area (Å²) in [7, 11) is -1.43. The standard InChI is InChI=1S/C21H22ClN3O5S/c1-25(2)31(29,30)21-14(22)10-11-15(18(21)26)24-17-16(19(27)20(17)28)23-12-6-9-13-7-4-3-5-8-13/h3-5,7-8,10-11,23-24,26H,6,9,12H2,1-2H3. The van der Waals surface area contributed by atoms with Gasteiger partial charge in [0, 0.05) is 20.6 Å². The molecular formula is C21H22ClN3O5S. The molecule has 3 aromatic carbocycles. The van der Waals surface area contributed by atoms with E-state index in [2.05, 4.69) is 10.6 Å². The zero-order chi connectivity index (χ0) is 22.8. The van der Waals surface area contributed by atoms with Gasteiger partial charge < -0.3 is 15.7 Å². The van der Waals surface area contributed by atoms with Gasteiger partial charge in [0.2, 0.25) is 10.0 Å². The van der Waals surface area contributed by atoms with E-state index in [0.29, 0.717) is 6.54 Å². The number of sulfonamides is 1. The topological polar surface area (TPSA) is 116 Å². The summed E-state index contributed by atoms with van der Waals surface area (Å²) in [6, 6.07) is 12.5. The zero-order valence-electron chi connectivity index (χ0n) is 17.0. The van der Waals surface area contributed by atoms with Crippen LogP contribution in [0.25, 0.3) is 0 Å². The largest absolute Gasteiger partial charge is 0.504 e. The molecule has 0 aliphatic heterocycles. The van der Waals surface area contributed by atoms with Gasteiger partial charge >= 0.3 is 0 Å². The summed E-state index contributed by atoms with van der Waals surface area (Å²) in [6.45, 7) is 0.460.